The molecule has 2 unspecified atom stereocenters. The van der Waals surface area contributed by atoms with Crippen molar-refractivity contribution in [1.82, 2.24) is 14.9 Å². The molecule has 6 nitrogen and oxygen atoms in total. The highest BCUT2D eigenvalue weighted by Gasteiger charge is 2.32. The quantitative estimate of drug-likeness (QED) is 0.467. The Morgan fingerprint density at radius 2 is 1.88 bits per heavy atom. The topological polar surface area (TPSA) is 81.7 Å². The number of fused-ring (bicyclic) bond motifs is 2. The van der Waals surface area contributed by atoms with E-state index < -0.39 is 11.6 Å². The zero-order chi connectivity index (χ0) is 24.0. The number of rotatable bonds is 5. The number of nitrogens with one attached hydrogen (secondary N) is 1. The summed E-state index contributed by atoms with van der Waals surface area (Å²) in [6.45, 7) is 3.28. The highest BCUT2D eigenvalue weighted by atomic mass is 19.1. The van der Waals surface area contributed by atoms with Gasteiger partial charge in [0.2, 0.25) is 5.88 Å². The minimum Gasteiger partial charge on any atom is -0.473 e. The zero-order valence-corrected chi connectivity index (χ0v) is 18.8. The minimum atomic E-state index is -0.686. The molecule has 0 aliphatic heterocycles. The number of amides is 1. The van der Waals surface area contributed by atoms with Gasteiger partial charge in [-0.25, -0.2) is 8.78 Å². The summed E-state index contributed by atoms with van der Waals surface area (Å²) in [5.74, 6) is -1.37. The van der Waals surface area contributed by atoms with Gasteiger partial charge in [-0.15, -0.1) is 0 Å². The van der Waals surface area contributed by atoms with Crippen LogP contribution in [0.1, 0.15) is 44.3 Å². The summed E-state index contributed by atoms with van der Waals surface area (Å²) in [4.78, 5) is 13.3. The fraction of sp³-hybridized carbons (Fsp3) is 0.231. The Balaban J connectivity index is 1.43. The van der Waals surface area contributed by atoms with Crippen LogP contribution in [-0.4, -0.2) is 21.6 Å². The van der Waals surface area contributed by atoms with E-state index in [1.807, 2.05) is 37.3 Å². The normalized spacial score (nSPS) is 17.1. The Morgan fingerprint density at radius 1 is 1.15 bits per heavy atom. The predicted molar refractivity (Wildman–Crippen MR) is 124 cm³/mol. The van der Waals surface area contributed by atoms with Crippen LogP contribution in [0.25, 0.3) is 5.52 Å². The molecule has 3 N–H and O–H groups in total. The van der Waals surface area contributed by atoms with Crippen molar-refractivity contribution < 1.29 is 18.3 Å². The third kappa shape index (κ3) is 3.80. The van der Waals surface area contributed by atoms with Gasteiger partial charge in [0.15, 0.2) is 0 Å². The Kier molecular flexibility index (Phi) is 5.53. The first-order valence-corrected chi connectivity index (χ1v) is 11.0. The highest BCUT2D eigenvalue weighted by molar-refractivity contribution is 6.02. The van der Waals surface area contributed by atoms with Gasteiger partial charge in [-0.05, 0) is 55.2 Å². The van der Waals surface area contributed by atoms with E-state index in [1.54, 1.807) is 13.0 Å². The fourth-order valence-corrected chi connectivity index (χ4v) is 4.57. The smallest absolute Gasteiger partial charge is 0.255 e. The van der Waals surface area contributed by atoms with E-state index in [9.17, 15) is 13.6 Å². The van der Waals surface area contributed by atoms with Gasteiger partial charge >= 0.3 is 0 Å². The number of hydrogen-bond acceptors (Lipinski definition) is 4. The SMILES string of the molecule is Cc1cc(OCc2c(F)cccc2F)n2nc(C)c(C(=O)NC3Cc4ccccc4C3N)c2c1. The molecule has 8 heteroatoms. The third-order valence-corrected chi connectivity index (χ3v) is 6.28. The molecular formula is C26H24F2N4O2. The van der Waals surface area contributed by atoms with Crippen molar-refractivity contribution in [3.8, 4) is 5.88 Å². The van der Waals surface area contributed by atoms with Crippen LogP contribution in [0.15, 0.2) is 54.6 Å². The number of nitrogens with two attached hydrogens (primary N) is 1. The second-order valence-electron chi connectivity index (χ2n) is 8.63. The number of carbonyl (C=O) groups is 1. The molecule has 0 radical (unpaired) electrons. The third-order valence-electron chi connectivity index (χ3n) is 6.28. The van der Waals surface area contributed by atoms with Crippen molar-refractivity contribution >= 4 is 11.4 Å². The molecule has 1 aliphatic rings. The van der Waals surface area contributed by atoms with Crippen LogP contribution in [0, 0.1) is 25.5 Å². The average Bonchev–Trinajstić information content (AvgIpc) is 3.29. The molecule has 2 aromatic carbocycles. The van der Waals surface area contributed by atoms with Gasteiger partial charge in [0.25, 0.3) is 5.91 Å². The molecule has 0 saturated carbocycles. The molecule has 2 aromatic heterocycles. The lowest BCUT2D eigenvalue weighted by Gasteiger charge is -2.18. The van der Waals surface area contributed by atoms with Crippen LogP contribution in [0.4, 0.5) is 8.78 Å². The van der Waals surface area contributed by atoms with Crippen LogP contribution < -0.4 is 15.8 Å². The van der Waals surface area contributed by atoms with E-state index in [0.29, 0.717) is 23.2 Å². The number of aromatic nitrogens is 2. The van der Waals surface area contributed by atoms with Crippen LogP contribution >= 0.6 is 0 Å². The molecule has 4 aromatic rings. The van der Waals surface area contributed by atoms with E-state index >= 15 is 0 Å². The number of aryl methyl sites for hydroxylation is 2. The van der Waals surface area contributed by atoms with Crippen molar-refractivity contribution in [2.45, 2.75) is 39.0 Å². The Labute approximate surface area is 195 Å². The van der Waals surface area contributed by atoms with Gasteiger partial charge in [0, 0.05) is 6.07 Å². The van der Waals surface area contributed by atoms with Gasteiger partial charge in [-0.1, -0.05) is 30.3 Å². The van der Waals surface area contributed by atoms with Crippen molar-refractivity contribution in [1.29, 1.82) is 0 Å². The van der Waals surface area contributed by atoms with Crippen molar-refractivity contribution in [3.05, 3.63) is 99.7 Å². The monoisotopic (exact) mass is 462 g/mol. The van der Waals surface area contributed by atoms with E-state index in [1.165, 1.54) is 22.7 Å². The van der Waals surface area contributed by atoms with Crippen molar-refractivity contribution in [3.63, 3.8) is 0 Å². The van der Waals surface area contributed by atoms with E-state index in [4.69, 9.17) is 10.5 Å². The summed E-state index contributed by atoms with van der Waals surface area (Å²) >= 11 is 0. The molecule has 1 amide bonds. The molecule has 1 aliphatic carbocycles. The number of carbonyl (C=O) groups excluding carboxylic acids is 1. The van der Waals surface area contributed by atoms with E-state index in [2.05, 4.69) is 10.4 Å². The standard InChI is InChI=1S/C26H24F2N4O2/c1-14-10-22-24(26(33)30-21-12-16-6-3-4-7-17(16)25(21)29)15(2)31-32(22)23(11-14)34-13-18-19(27)8-5-9-20(18)28/h3-11,21,25H,12-13,29H2,1-2H3,(H,30,33). The van der Waals surface area contributed by atoms with E-state index in [0.717, 1.165) is 16.7 Å². The molecule has 174 valence electrons. The van der Waals surface area contributed by atoms with Gasteiger partial charge in [-0.3, -0.25) is 4.79 Å². The summed E-state index contributed by atoms with van der Waals surface area (Å²) < 4.78 is 35.3. The Bertz CT molecular complexity index is 1400. The zero-order valence-electron chi connectivity index (χ0n) is 18.8. The van der Waals surface area contributed by atoms with Crippen LogP contribution in [0.5, 0.6) is 5.88 Å². The fourth-order valence-electron chi connectivity index (χ4n) is 4.57. The first kappa shape index (κ1) is 22.0. The molecule has 2 heterocycles. The maximum absolute atomic E-state index is 14.0. The summed E-state index contributed by atoms with van der Waals surface area (Å²) in [6, 6.07) is 14.6. The summed E-state index contributed by atoms with van der Waals surface area (Å²) in [7, 11) is 0. The first-order chi connectivity index (χ1) is 16.3. The van der Waals surface area contributed by atoms with Crippen molar-refractivity contribution in [2.24, 2.45) is 5.73 Å². The summed E-state index contributed by atoms with van der Waals surface area (Å²) in [5, 5.41) is 7.54. The number of benzene rings is 2. The predicted octanol–water partition coefficient (Wildman–Crippen LogP) is 4.16. The van der Waals surface area contributed by atoms with Gasteiger partial charge < -0.3 is 15.8 Å². The lowest BCUT2D eigenvalue weighted by Crippen LogP contribution is -2.40. The van der Waals surface area contributed by atoms with Crippen molar-refractivity contribution in [2.75, 3.05) is 0 Å². The summed E-state index contributed by atoms with van der Waals surface area (Å²) in [6.07, 6.45) is 0.656. The maximum Gasteiger partial charge on any atom is 0.255 e. The first-order valence-electron chi connectivity index (χ1n) is 11.0. The minimum absolute atomic E-state index is 0.172. The number of hydrogen-bond donors (Lipinski definition) is 2. The lowest BCUT2D eigenvalue weighted by atomic mass is 10.1. The van der Waals surface area contributed by atoms with Crippen LogP contribution in [-0.2, 0) is 13.0 Å². The molecular weight excluding hydrogens is 438 g/mol. The maximum atomic E-state index is 14.0. The van der Waals surface area contributed by atoms with Gasteiger partial charge in [-0.2, -0.15) is 9.61 Å². The van der Waals surface area contributed by atoms with Gasteiger partial charge in [0.05, 0.1) is 34.4 Å². The average molecular weight is 463 g/mol. The van der Waals surface area contributed by atoms with Crippen LogP contribution in [0.3, 0.4) is 0 Å². The van der Waals surface area contributed by atoms with Gasteiger partial charge in [0.1, 0.15) is 18.2 Å². The molecule has 0 fully saturated rings. The highest BCUT2D eigenvalue weighted by Crippen LogP contribution is 2.30. The number of halogens is 2. The Morgan fingerprint density at radius 3 is 2.62 bits per heavy atom. The number of pyridine rings is 1. The second kappa shape index (κ2) is 8.53. The van der Waals surface area contributed by atoms with E-state index in [-0.39, 0.29) is 36.0 Å². The molecule has 5 rings (SSSR count). The second-order valence-corrected chi connectivity index (χ2v) is 8.63. The Hall–Kier alpha value is -3.78. The molecule has 0 bridgehead atoms. The molecule has 34 heavy (non-hydrogen) atoms. The van der Waals surface area contributed by atoms with Crippen LogP contribution in [0.2, 0.25) is 0 Å². The largest absolute Gasteiger partial charge is 0.473 e. The summed E-state index contributed by atoms with van der Waals surface area (Å²) in [5.41, 5.74) is 10.7. The number of ether oxygens (including phenoxy) is 1. The molecule has 2 atom stereocenters. The molecule has 0 saturated heterocycles. The molecule has 0 spiro atoms. The lowest BCUT2D eigenvalue weighted by molar-refractivity contribution is 0.0934. The number of nitrogens with zero attached hydrogens (tertiary/aromatic N) is 2.